The second-order valence-corrected chi connectivity index (χ2v) is 8.08. The van der Waals surface area contributed by atoms with Crippen LogP contribution in [0.3, 0.4) is 0 Å². The molecule has 1 aliphatic rings. The summed E-state index contributed by atoms with van der Waals surface area (Å²) in [5.74, 6) is 0.991. The highest BCUT2D eigenvalue weighted by molar-refractivity contribution is 6.30. The van der Waals surface area contributed by atoms with E-state index >= 15 is 0 Å². The number of benzene rings is 1. The van der Waals surface area contributed by atoms with Crippen molar-refractivity contribution < 1.29 is 4.79 Å². The number of carbonyl (C=O) groups is 1. The third-order valence-electron chi connectivity index (χ3n) is 5.49. The number of hydrogen-bond acceptors (Lipinski definition) is 6. The molecule has 3 heterocycles. The van der Waals surface area contributed by atoms with Crippen LogP contribution < -0.4 is 5.32 Å². The van der Waals surface area contributed by atoms with Crippen molar-refractivity contribution in [3.05, 3.63) is 82.3 Å². The molecule has 2 atom stereocenters. The minimum atomic E-state index is -0.0454. The van der Waals surface area contributed by atoms with Crippen molar-refractivity contribution in [3.63, 3.8) is 0 Å². The molecule has 2 aromatic heterocycles. The summed E-state index contributed by atoms with van der Waals surface area (Å²) in [6.45, 7) is 3.68. The molecule has 7 nitrogen and oxygen atoms in total. The SMILES string of the molecule is Cc1cc(C(=O)N2CC(CNc3ccc(C#N)cn3)C(c3ccc(Cl)cc3)C2)cnn1. The Morgan fingerprint density at radius 2 is 2.03 bits per heavy atom. The zero-order valence-electron chi connectivity index (χ0n) is 17.0. The summed E-state index contributed by atoms with van der Waals surface area (Å²) in [6, 6.07) is 15.2. The summed E-state index contributed by atoms with van der Waals surface area (Å²) in [6.07, 6.45) is 3.06. The first kappa shape index (κ1) is 20.8. The molecule has 1 aliphatic heterocycles. The van der Waals surface area contributed by atoms with Crippen LogP contribution in [-0.4, -0.2) is 45.6 Å². The van der Waals surface area contributed by atoms with Gasteiger partial charge in [0.1, 0.15) is 11.9 Å². The Morgan fingerprint density at radius 1 is 1.23 bits per heavy atom. The molecule has 4 rings (SSSR count). The molecule has 0 saturated carbocycles. The van der Waals surface area contributed by atoms with Gasteiger partial charge in [-0.05, 0) is 42.8 Å². The number of anilines is 1. The van der Waals surface area contributed by atoms with E-state index in [-0.39, 0.29) is 17.7 Å². The molecule has 31 heavy (non-hydrogen) atoms. The number of nitrogens with one attached hydrogen (secondary N) is 1. The number of likely N-dealkylation sites (tertiary alicyclic amines) is 1. The average Bonchev–Trinajstić information content (AvgIpc) is 3.22. The van der Waals surface area contributed by atoms with Gasteiger partial charge in [-0.2, -0.15) is 15.5 Å². The van der Waals surface area contributed by atoms with Crippen molar-refractivity contribution in [2.24, 2.45) is 5.92 Å². The fourth-order valence-corrected chi connectivity index (χ4v) is 4.03. The van der Waals surface area contributed by atoms with Crippen molar-refractivity contribution in [2.45, 2.75) is 12.8 Å². The predicted molar refractivity (Wildman–Crippen MR) is 118 cm³/mol. The molecule has 3 aromatic rings. The maximum absolute atomic E-state index is 13.1. The van der Waals surface area contributed by atoms with Crippen LogP contribution in [0.25, 0.3) is 0 Å². The second-order valence-electron chi connectivity index (χ2n) is 7.64. The normalized spacial score (nSPS) is 17.9. The van der Waals surface area contributed by atoms with Gasteiger partial charge in [-0.15, -0.1) is 0 Å². The molecule has 1 amide bonds. The average molecular weight is 433 g/mol. The second kappa shape index (κ2) is 9.11. The van der Waals surface area contributed by atoms with Gasteiger partial charge in [-0.25, -0.2) is 4.98 Å². The quantitative estimate of drug-likeness (QED) is 0.660. The lowest BCUT2D eigenvalue weighted by atomic mass is 9.89. The maximum Gasteiger partial charge on any atom is 0.255 e. The van der Waals surface area contributed by atoms with Gasteiger partial charge in [0.2, 0.25) is 0 Å². The van der Waals surface area contributed by atoms with E-state index in [1.807, 2.05) is 36.1 Å². The lowest BCUT2D eigenvalue weighted by Gasteiger charge is -2.19. The van der Waals surface area contributed by atoms with Crippen molar-refractivity contribution in [3.8, 4) is 6.07 Å². The van der Waals surface area contributed by atoms with Crippen LogP contribution in [0.2, 0.25) is 5.02 Å². The maximum atomic E-state index is 13.1. The fraction of sp³-hybridized carbons (Fsp3) is 0.261. The Kier molecular flexibility index (Phi) is 6.10. The molecular weight excluding hydrogens is 412 g/mol. The predicted octanol–water partition coefficient (Wildman–Crippen LogP) is 3.67. The molecule has 0 bridgehead atoms. The molecular formula is C23H21ClN6O. The Balaban J connectivity index is 1.53. The van der Waals surface area contributed by atoms with E-state index in [1.165, 1.54) is 6.20 Å². The van der Waals surface area contributed by atoms with Crippen LogP contribution in [0.5, 0.6) is 0 Å². The summed E-state index contributed by atoms with van der Waals surface area (Å²) < 4.78 is 0. The minimum absolute atomic E-state index is 0.0454. The molecule has 0 spiro atoms. The van der Waals surface area contributed by atoms with E-state index in [0.29, 0.717) is 47.3 Å². The van der Waals surface area contributed by atoms with Gasteiger partial charge >= 0.3 is 0 Å². The standard InChI is InChI=1S/C23H21ClN6O/c1-15-8-18(12-28-29-15)23(31)30-13-19(11-27-22-7-2-16(9-25)10-26-22)21(14-30)17-3-5-20(24)6-4-17/h2-8,10,12,19,21H,11,13-14H2,1H3,(H,26,27). The van der Waals surface area contributed by atoms with Crippen LogP contribution in [0.1, 0.15) is 33.1 Å². The van der Waals surface area contributed by atoms with Gasteiger partial charge in [0.15, 0.2) is 0 Å². The summed E-state index contributed by atoms with van der Waals surface area (Å²) in [5.41, 5.74) is 2.92. The zero-order valence-corrected chi connectivity index (χ0v) is 17.8. The molecule has 156 valence electrons. The van der Waals surface area contributed by atoms with Crippen LogP contribution in [-0.2, 0) is 0 Å². The van der Waals surface area contributed by atoms with Gasteiger partial charge in [-0.1, -0.05) is 23.7 Å². The topological polar surface area (TPSA) is 94.8 Å². The summed E-state index contributed by atoms with van der Waals surface area (Å²) in [5, 5.41) is 20.8. The van der Waals surface area contributed by atoms with E-state index in [4.69, 9.17) is 16.9 Å². The van der Waals surface area contributed by atoms with E-state index in [0.717, 1.165) is 5.56 Å². The summed E-state index contributed by atoms with van der Waals surface area (Å²) in [7, 11) is 0. The number of hydrogen-bond donors (Lipinski definition) is 1. The first-order valence-electron chi connectivity index (χ1n) is 9.97. The molecule has 1 N–H and O–H groups in total. The van der Waals surface area contributed by atoms with Crippen molar-refractivity contribution >= 4 is 23.3 Å². The Labute approximate surface area is 185 Å². The van der Waals surface area contributed by atoms with Gasteiger partial charge in [0.25, 0.3) is 5.91 Å². The van der Waals surface area contributed by atoms with Crippen molar-refractivity contribution in [1.29, 1.82) is 5.26 Å². The largest absolute Gasteiger partial charge is 0.370 e. The zero-order chi connectivity index (χ0) is 21.8. The minimum Gasteiger partial charge on any atom is -0.370 e. The van der Waals surface area contributed by atoms with Gasteiger partial charge in [0, 0.05) is 42.7 Å². The smallest absolute Gasteiger partial charge is 0.255 e. The summed E-state index contributed by atoms with van der Waals surface area (Å²) >= 11 is 6.07. The summed E-state index contributed by atoms with van der Waals surface area (Å²) in [4.78, 5) is 19.2. The Hall–Kier alpha value is -3.50. The molecule has 0 aliphatic carbocycles. The van der Waals surface area contributed by atoms with Crippen molar-refractivity contribution in [1.82, 2.24) is 20.1 Å². The number of nitrogens with zero attached hydrogens (tertiary/aromatic N) is 5. The third-order valence-corrected chi connectivity index (χ3v) is 5.74. The van der Waals surface area contributed by atoms with E-state index in [9.17, 15) is 4.79 Å². The van der Waals surface area contributed by atoms with E-state index in [1.54, 1.807) is 24.4 Å². The number of rotatable bonds is 5. The van der Waals surface area contributed by atoms with Gasteiger partial charge < -0.3 is 10.2 Å². The molecule has 8 heteroatoms. The van der Waals surface area contributed by atoms with Gasteiger partial charge in [0.05, 0.1) is 23.0 Å². The van der Waals surface area contributed by atoms with Crippen molar-refractivity contribution in [2.75, 3.05) is 25.0 Å². The number of pyridine rings is 1. The lowest BCUT2D eigenvalue weighted by molar-refractivity contribution is 0.0786. The molecule has 1 fully saturated rings. The lowest BCUT2D eigenvalue weighted by Crippen LogP contribution is -2.30. The molecule has 1 saturated heterocycles. The van der Waals surface area contributed by atoms with Crippen LogP contribution in [0.4, 0.5) is 5.82 Å². The molecule has 2 unspecified atom stereocenters. The highest BCUT2D eigenvalue weighted by Gasteiger charge is 2.36. The van der Waals surface area contributed by atoms with E-state index in [2.05, 4.69) is 26.6 Å². The number of carbonyl (C=O) groups excluding carboxylic acids is 1. The van der Waals surface area contributed by atoms with Crippen LogP contribution in [0, 0.1) is 24.2 Å². The Bertz CT molecular complexity index is 1110. The third kappa shape index (κ3) is 4.81. The van der Waals surface area contributed by atoms with Gasteiger partial charge in [-0.3, -0.25) is 4.79 Å². The monoisotopic (exact) mass is 432 g/mol. The molecule has 1 aromatic carbocycles. The highest BCUT2D eigenvalue weighted by atomic mass is 35.5. The van der Waals surface area contributed by atoms with E-state index < -0.39 is 0 Å². The fourth-order valence-electron chi connectivity index (χ4n) is 3.90. The first-order valence-corrected chi connectivity index (χ1v) is 10.4. The first-order chi connectivity index (χ1) is 15.0. The number of amides is 1. The van der Waals surface area contributed by atoms with Crippen LogP contribution in [0.15, 0.2) is 54.9 Å². The number of nitriles is 1. The molecule has 0 radical (unpaired) electrons. The number of halogens is 1. The highest BCUT2D eigenvalue weighted by Crippen LogP contribution is 2.34. The number of aryl methyl sites for hydroxylation is 1. The Morgan fingerprint density at radius 3 is 2.71 bits per heavy atom. The number of aromatic nitrogens is 3. The van der Waals surface area contributed by atoms with Crippen LogP contribution >= 0.6 is 11.6 Å².